The van der Waals surface area contributed by atoms with E-state index in [0.717, 1.165) is 30.9 Å². The number of likely N-dealkylation sites (tertiary alicyclic amines) is 1. The zero-order chi connectivity index (χ0) is 18.2. The maximum atomic E-state index is 5.68. The van der Waals surface area contributed by atoms with Crippen LogP contribution in [0.1, 0.15) is 30.0 Å². The molecule has 0 amide bonds. The van der Waals surface area contributed by atoms with Gasteiger partial charge in [0, 0.05) is 44.1 Å². The lowest BCUT2D eigenvalue weighted by atomic mass is 9.94. The Morgan fingerprint density at radius 2 is 2.11 bits per heavy atom. The second kappa shape index (κ2) is 6.85. The normalized spacial score (nSPS) is 20.1. The van der Waals surface area contributed by atoms with Crippen LogP contribution in [0.5, 0.6) is 11.6 Å². The predicted octanol–water partition coefficient (Wildman–Crippen LogP) is 3.12. The van der Waals surface area contributed by atoms with Crippen LogP contribution in [-0.4, -0.2) is 45.7 Å². The molecule has 0 bridgehead atoms. The Bertz CT molecular complexity index is 968. The van der Waals surface area contributed by atoms with Gasteiger partial charge in [0.05, 0.1) is 11.0 Å². The quantitative estimate of drug-likeness (QED) is 0.715. The van der Waals surface area contributed by atoms with Crippen molar-refractivity contribution in [3.8, 4) is 11.6 Å². The highest BCUT2D eigenvalue weighted by Gasteiger charge is 2.25. The smallest absolute Gasteiger partial charge is 0.257 e. The number of fused-ring (bicyclic) bond motifs is 2. The first kappa shape index (κ1) is 16.6. The van der Waals surface area contributed by atoms with E-state index in [1.165, 1.54) is 29.6 Å². The van der Waals surface area contributed by atoms with E-state index in [4.69, 9.17) is 9.47 Å². The van der Waals surface area contributed by atoms with E-state index in [2.05, 4.69) is 44.7 Å². The molecule has 0 aliphatic carbocycles. The summed E-state index contributed by atoms with van der Waals surface area (Å²) in [6, 6.07) is 8.49. The molecule has 1 fully saturated rings. The molecule has 3 aromatic heterocycles. The first-order valence-corrected chi connectivity index (χ1v) is 9.65. The Morgan fingerprint density at radius 1 is 1.19 bits per heavy atom. The molecular formula is C21H24N4O2. The number of pyridine rings is 2. The van der Waals surface area contributed by atoms with E-state index in [-0.39, 0.29) is 0 Å². The molecule has 6 nitrogen and oxygen atoms in total. The van der Waals surface area contributed by atoms with Crippen molar-refractivity contribution in [3.05, 3.63) is 47.9 Å². The molecule has 0 radical (unpaired) electrons. The highest BCUT2D eigenvalue weighted by atomic mass is 16.6. The number of hydrogen-bond donors (Lipinski definition) is 0. The topological polar surface area (TPSA) is 52.4 Å². The minimum absolute atomic E-state index is 0.531. The van der Waals surface area contributed by atoms with Crippen molar-refractivity contribution in [1.29, 1.82) is 0 Å². The summed E-state index contributed by atoms with van der Waals surface area (Å²) < 4.78 is 13.5. The lowest BCUT2D eigenvalue weighted by molar-refractivity contribution is 0.162. The van der Waals surface area contributed by atoms with Gasteiger partial charge in [-0.05, 0) is 49.2 Å². The molecule has 6 heteroatoms. The third-order valence-corrected chi connectivity index (χ3v) is 5.63. The Kier molecular flexibility index (Phi) is 4.20. The van der Waals surface area contributed by atoms with Crippen LogP contribution in [0.4, 0.5) is 0 Å². The van der Waals surface area contributed by atoms with E-state index >= 15 is 0 Å². The standard InChI is InChI=1S/C21H24N4O2/c1-24-18-5-2-6-22-17(18)11-19(24)16-4-3-7-25(14-16)13-15-10-20-21(23-12-15)27-9-8-26-20/h2,5-6,10-12,16H,3-4,7-9,13-14H2,1H3. The van der Waals surface area contributed by atoms with Crippen molar-refractivity contribution in [2.45, 2.75) is 25.3 Å². The Labute approximate surface area is 158 Å². The zero-order valence-corrected chi connectivity index (χ0v) is 15.6. The van der Waals surface area contributed by atoms with Crippen molar-refractivity contribution in [2.75, 3.05) is 26.3 Å². The number of piperidine rings is 1. The van der Waals surface area contributed by atoms with Gasteiger partial charge in [-0.25, -0.2) is 4.98 Å². The molecule has 1 atom stereocenters. The molecule has 140 valence electrons. The summed E-state index contributed by atoms with van der Waals surface area (Å²) in [7, 11) is 2.16. The Balaban J connectivity index is 1.34. The van der Waals surface area contributed by atoms with Gasteiger partial charge < -0.3 is 14.0 Å². The van der Waals surface area contributed by atoms with E-state index in [1.54, 1.807) is 0 Å². The van der Waals surface area contributed by atoms with Crippen LogP contribution >= 0.6 is 0 Å². The average Bonchev–Trinajstić information content (AvgIpc) is 3.05. The summed E-state index contributed by atoms with van der Waals surface area (Å²) in [4.78, 5) is 11.5. The second-order valence-corrected chi connectivity index (χ2v) is 7.45. The van der Waals surface area contributed by atoms with Crippen LogP contribution in [0.25, 0.3) is 11.0 Å². The molecule has 3 aromatic rings. The highest BCUT2D eigenvalue weighted by Crippen LogP contribution is 2.32. The van der Waals surface area contributed by atoms with Gasteiger partial charge in [0.2, 0.25) is 0 Å². The molecule has 1 unspecified atom stereocenters. The molecular weight excluding hydrogens is 340 g/mol. The molecule has 2 aliphatic heterocycles. The predicted molar refractivity (Wildman–Crippen MR) is 103 cm³/mol. The van der Waals surface area contributed by atoms with E-state index in [0.29, 0.717) is 25.0 Å². The van der Waals surface area contributed by atoms with Gasteiger partial charge in [-0.3, -0.25) is 9.88 Å². The van der Waals surface area contributed by atoms with Gasteiger partial charge in [0.15, 0.2) is 5.75 Å². The van der Waals surface area contributed by atoms with Crippen LogP contribution in [0.15, 0.2) is 36.7 Å². The number of aromatic nitrogens is 3. The fourth-order valence-corrected chi connectivity index (χ4v) is 4.33. The zero-order valence-electron chi connectivity index (χ0n) is 15.6. The fraction of sp³-hybridized carbons (Fsp3) is 0.429. The van der Waals surface area contributed by atoms with Crippen molar-refractivity contribution in [2.24, 2.45) is 7.05 Å². The summed E-state index contributed by atoms with van der Waals surface area (Å²) in [6.07, 6.45) is 6.21. The van der Waals surface area contributed by atoms with Crippen LogP contribution < -0.4 is 9.47 Å². The van der Waals surface area contributed by atoms with Crippen LogP contribution in [0.3, 0.4) is 0 Å². The van der Waals surface area contributed by atoms with Crippen LogP contribution in [0.2, 0.25) is 0 Å². The largest absolute Gasteiger partial charge is 0.484 e. The van der Waals surface area contributed by atoms with Gasteiger partial charge in [-0.1, -0.05) is 0 Å². The summed E-state index contributed by atoms with van der Waals surface area (Å²) >= 11 is 0. The lowest BCUT2D eigenvalue weighted by Gasteiger charge is -2.33. The van der Waals surface area contributed by atoms with Gasteiger partial charge in [0.1, 0.15) is 13.2 Å². The fourth-order valence-electron chi connectivity index (χ4n) is 4.33. The minimum Gasteiger partial charge on any atom is -0.484 e. The Morgan fingerprint density at radius 3 is 3.04 bits per heavy atom. The minimum atomic E-state index is 0.531. The van der Waals surface area contributed by atoms with Gasteiger partial charge in [-0.2, -0.15) is 0 Å². The number of aryl methyl sites for hydroxylation is 1. The number of rotatable bonds is 3. The highest BCUT2D eigenvalue weighted by molar-refractivity contribution is 5.76. The van der Waals surface area contributed by atoms with E-state index < -0.39 is 0 Å². The molecule has 0 saturated carbocycles. The van der Waals surface area contributed by atoms with Crippen LogP contribution in [0, 0.1) is 0 Å². The number of ether oxygens (including phenoxy) is 2. The van der Waals surface area contributed by atoms with Crippen molar-refractivity contribution >= 4 is 11.0 Å². The maximum absolute atomic E-state index is 5.68. The van der Waals surface area contributed by atoms with Gasteiger partial charge in [0.25, 0.3) is 5.88 Å². The molecule has 2 aliphatic rings. The summed E-state index contributed by atoms with van der Waals surface area (Å²) in [5.41, 5.74) is 4.86. The molecule has 0 N–H and O–H groups in total. The molecule has 0 spiro atoms. The lowest BCUT2D eigenvalue weighted by Crippen LogP contribution is -2.34. The summed E-state index contributed by atoms with van der Waals surface area (Å²) in [5.74, 6) is 1.92. The second-order valence-electron chi connectivity index (χ2n) is 7.45. The third-order valence-electron chi connectivity index (χ3n) is 5.63. The summed E-state index contributed by atoms with van der Waals surface area (Å²) in [6.45, 7) is 4.24. The van der Waals surface area contributed by atoms with Gasteiger partial charge >= 0.3 is 0 Å². The van der Waals surface area contributed by atoms with E-state index in [9.17, 15) is 0 Å². The van der Waals surface area contributed by atoms with Crippen LogP contribution in [-0.2, 0) is 13.6 Å². The monoisotopic (exact) mass is 364 g/mol. The molecule has 27 heavy (non-hydrogen) atoms. The van der Waals surface area contributed by atoms with Crippen molar-refractivity contribution < 1.29 is 9.47 Å². The first-order chi connectivity index (χ1) is 13.3. The molecule has 5 heterocycles. The molecule has 1 saturated heterocycles. The van der Waals surface area contributed by atoms with Crippen molar-refractivity contribution in [3.63, 3.8) is 0 Å². The first-order valence-electron chi connectivity index (χ1n) is 9.65. The maximum Gasteiger partial charge on any atom is 0.257 e. The number of hydrogen-bond acceptors (Lipinski definition) is 5. The number of nitrogens with zero attached hydrogens (tertiary/aromatic N) is 4. The molecule has 0 aromatic carbocycles. The summed E-state index contributed by atoms with van der Waals surface area (Å²) in [5, 5.41) is 0. The van der Waals surface area contributed by atoms with E-state index in [1.807, 2.05) is 18.5 Å². The van der Waals surface area contributed by atoms with Gasteiger partial charge in [-0.15, -0.1) is 0 Å². The third kappa shape index (κ3) is 3.14. The SMILES string of the molecule is Cn1c(C2CCCN(Cc3cnc4c(c3)OCCO4)C2)cc2ncccc21. The van der Waals surface area contributed by atoms with Crippen molar-refractivity contribution in [1.82, 2.24) is 19.4 Å². The molecule has 5 rings (SSSR count). The Hall–Kier alpha value is -2.60. The average molecular weight is 364 g/mol.